The van der Waals surface area contributed by atoms with E-state index in [0.717, 1.165) is 56.3 Å². The maximum Gasteiger partial charge on any atom is 0.317 e. The van der Waals surface area contributed by atoms with Gasteiger partial charge in [0.2, 0.25) is 0 Å². The van der Waals surface area contributed by atoms with Crippen LogP contribution in [0.25, 0.3) is 11.3 Å². The summed E-state index contributed by atoms with van der Waals surface area (Å²) in [5, 5.41) is 21.7. The first-order chi connectivity index (χ1) is 17.4. The molecule has 6 nitrogen and oxygen atoms in total. The van der Waals surface area contributed by atoms with Crippen LogP contribution in [-0.4, -0.2) is 51.5 Å². The monoisotopic (exact) mass is 498 g/mol. The van der Waals surface area contributed by atoms with E-state index in [1.807, 2.05) is 11.0 Å². The van der Waals surface area contributed by atoms with Crippen LogP contribution in [-0.2, 0) is 5.41 Å². The van der Waals surface area contributed by atoms with Gasteiger partial charge < -0.3 is 15.3 Å². The normalized spacial score (nSPS) is 29.9. The molecule has 3 aliphatic rings. The van der Waals surface area contributed by atoms with Gasteiger partial charge in [0.1, 0.15) is 11.6 Å². The molecule has 0 unspecified atom stereocenters. The molecule has 1 aromatic heterocycles. The minimum atomic E-state index is -0.636. The second-order valence-electron chi connectivity index (χ2n) is 10.8. The van der Waals surface area contributed by atoms with E-state index in [1.54, 1.807) is 0 Å². The molecule has 2 aromatic rings. The molecule has 0 spiro atoms. The highest BCUT2D eigenvalue weighted by atomic mass is 19.1. The summed E-state index contributed by atoms with van der Waals surface area (Å²) in [6.07, 6.45) is 6.59. The van der Waals surface area contributed by atoms with Crippen molar-refractivity contribution in [3.05, 3.63) is 47.2 Å². The maximum atomic E-state index is 14.6. The van der Waals surface area contributed by atoms with E-state index in [1.165, 1.54) is 18.2 Å². The molecule has 0 radical (unpaired) electrons. The molecule has 2 aliphatic carbocycles. The van der Waals surface area contributed by atoms with E-state index < -0.39 is 11.6 Å². The number of hydrogen-bond donors (Lipinski definition) is 2. The lowest BCUT2D eigenvalue weighted by Gasteiger charge is -2.49. The Morgan fingerprint density at radius 1 is 1.19 bits per heavy atom. The number of nitrogens with zero attached hydrogens (tertiary/aromatic N) is 3. The fourth-order valence-corrected chi connectivity index (χ4v) is 6.71. The van der Waals surface area contributed by atoms with Gasteiger partial charge in [-0.25, -0.2) is 13.6 Å². The minimum absolute atomic E-state index is 0.0526. The number of carbonyl (C=O) groups is 1. The van der Waals surface area contributed by atoms with Crippen LogP contribution in [0.3, 0.4) is 0 Å². The number of aliphatic hydroxyl groups excluding tert-OH is 1. The lowest BCUT2D eigenvalue weighted by Crippen LogP contribution is -2.55. The Labute approximate surface area is 211 Å². The Morgan fingerprint density at radius 2 is 1.94 bits per heavy atom. The lowest BCUT2D eigenvalue weighted by atomic mass is 9.59. The van der Waals surface area contributed by atoms with Crippen molar-refractivity contribution in [1.82, 2.24) is 20.4 Å². The van der Waals surface area contributed by atoms with Gasteiger partial charge in [0, 0.05) is 24.5 Å². The van der Waals surface area contributed by atoms with E-state index >= 15 is 0 Å². The summed E-state index contributed by atoms with van der Waals surface area (Å²) in [4.78, 5) is 14.9. The van der Waals surface area contributed by atoms with Gasteiger partial charge >= 0.3 is 6.03 Å². The van der Waals surface area contributed by atoms with Gasteiger partial charge in [-0.1, -0.05) is 19.9 Å². The van der Waals surface area contributed by atoms with Gasteiger partial charge in [0.15, 0.2) is 0 Å². The van der Waals surface area contributed by atoms with Crippen LogP contribution in [0.5, 0.6) is 0 Å². The quantitative estimate of drug-likeness (QED) is 0.586. The number of aliphatic hydroxyl groups is 1. The third kappa shape index (κ3) is 4.38. The Bertz CT molecular complexity index is 1100. The molecule has 2 N–H and O–H groups in total. The summed E-state index contributed by atoms with van der Waals surface area (Å²) < 4.78 is 29.1. The summed E-state index contributed by atoms with van der Waals surface area (Å²) in [5.41, 5.74) is 1.87. The molecule has 36 heavy (non-hydrogen) atoms. The van der Waals surface area contributed by atoms with Crippen LogP contribution < -0.4 is 5.32 Å². The fourth-order valence-electron chi connectivity index (χ4n) is 6.71. The van der Waals surface area contributed by atoms with Gasteiger partial charge in [0.25, 0.3) is 0 Å². The smallest absolute Gasteiger partial charge is 0.317 e. The highest BCUT2D eigenvalue weighted by Gasteiger charge is 2.47. The minimum Gasteiger partial charge on any atom is -0.393 e. The number of carbonyl (C=O) groups excluding carboxylic acids is 1. The van der Waals surface area contributed by atoms with Gasteiger partial charge in [-0.05, 0) is 87.0 Å². The van der Waals surface area contributed by atoms with Crippen LogP contribution in [0.1, 0.15) is 82.4 Å². The number of piperidine rings is 1. The summed E-state index contributed by atoms with van der Waals surface area (Å²) in [7, 11) is 0. The summed E-state index contributed by atoms with van der Waals surface area (Å²) in [6.45, 7) is 5.69. The summed E-state index contributed by atoms with van der Waals surface area (Å²) in [6, 6.07) is 5.71. The second-order valence-corrected chi connectivity index (χ2v) is 10.8. The molecule has 2 heterocycles. The van der Waals surface area contributed by atoms with Crippen molar-refractivity contribution in [3.63, 3.8) is 0 Å². The molecular formula is C28H36F2N4O2. The molecule has 1 saturated carbocycles. The first-order valence-electron chi connectivity index (χ1n) is 13.4. The molecule has 8 heteroatoms. The highest BCUT2D eigenvalue weighted by molar-refractivity contribution is 5.74. The third-order valence-corrected chi connectivity index (χ3v) is 8.95. The number of halogens is 2. The van der Waals surface area contributed by atoms with Crippen LogP contribution in [0.15, 0.2) is 24.3 Å². The van der Waals surface area contributed by atoms with Crippen molar-refractivity contribution in [2.45, 2.75) is 88.7 Å². The van der Waals surface area contributed by atoms with Gasteiger partial charge in [-0.15, -0.1) is 0 Å². The van der Waals surface area contributed by atoms with E-state index in [4.69, 9.17) is 5.10 Å². The Morgan fingerprint density at radius 3 is 2.61 bits per heavy atom. The summed E-state index contributed by atoms with van der Waals surface area (Å²) >= 11 is 0. The van der Waals surface area contributed by atoms with Crippen molar-refractivity contribution in [2.24, 2.45) is 5.92 Å². The number of likely N-dealkylation sites (tertiary alicyclic amines) is 1. The van der Waals surface area contributed by atoms with Crippen molar-refractivity contribution >= 4 is 6.03 Å². The first-order valence-corrected chi connectivity index (χ1v) is 13.4. The van der Waals surface area contributed by atoms with Crippen molar-refractivity contribution < 1.29 is 18.7 Å². The standard InChI is InChI=1S/C28H36F2N4O2/c1-3-17-10-11-28(4-2,18-7-6-12-34(16-18)27(36)31-19-13-20(35)14-19)26-21(17)15-24(32-33-26)25-22(29)8-5-9-23(25)30/h5,8-9,15,17-20,35H,3-4,6-7,10-14,16H2,1-2H3,(H,31,36)/t17-,18-,19?,20?,28+/m0/s1. The zero-order valence-electron chi connectivity index (χ0n) is 21.1. The van der Waals surface area contributed by atoms with Crippen LogP contribution >= 0.6 is 0 Å². The third-order valence-electron chi connectivity index (χ3n) is 8.95. The SMILES string of the molecule is CC[C@H]1CC[C@](CC)([C@H]2CCCN(C(=O)NC3CC(O)C3)C2)c2nnc(-c3c(F)cccc3F)cc21. The fraction of sp³-hybridized carbons (Fsp3) is 0.607. The zero-order chi connectivity index (χ0) is 25.4. The largest absolute Gasteiger partial charge is 0.393 e. The Kier molecular flexibility index (Phi) is 6.99. The van der Waals surface area contributed by atoms with Gasteiger partial charge in [0.05, 0.1) is 23.1 Å². The maximum absolute atomic E-state index is 14.6. The molecule has 2 amide bonds. The van der Waals surface area contributed by atoms with Crippen LogP contribution in [0.4, 0.5) is 13.6 Å². The van der Waals surface area contributed by atoms with E-state index in [2.05, 4.69) is 24.3 Å². The zero-order valence-corrected chi connectivity index (χ0v) is 21.1. The molecular weight excluding hydrogens is 462 g/mol. The van der Waals surface area contributed by atoms with E-state index in [-0.39, 0.29) is 46.7 Å². The molecule has 194 valence electrons. The number of amides is 2. The highest BCUT2D eigenvalue weighted by Crippen LogP contribution is 2.51. The van der Waals surface area contributed by atoms with Gasteiger partial charge in [-0.3, -0.25) is 0 Å². The molecule has 1 aliphatic heterocycles. The average Bonchev–Trinajstić information content (AvgIpc) is 2.87. The second kappa shape index (κ2) is 10.0. The topological polar surface area (TPSA) is 78.4 Å². The number of hydrogen-bond acceptors (Lipinski definition) is 4. The molecule has 1 aromatic carbocycles. The Balaban J connectivity index is 1.46. The number of benzene rings is 1. The number of fused-ring (bicyclic) bond motifs is 1. The van der Waals surface area contributed by atoms with Crippen LogP contribution in [0, 0.1) is 17.6 Å². The predicted octanol–water partition coefficient (Wildman–Crippen LogP) is 5.30. The first kappa shape index (κ1) is 25.1. The molecule has 5 rings (SSSR count). The number of aromatic nitrogens is 2. The van der Waals surface area contributed by atoms with E-state index in [0.29, 0.717) is 19.4 Å². The molecule has 2 fully saturated rings. The van der Waals surface area contributed by atoms with Gasteiger partial charge in [-0.2, -0.15) is 10.2 Å². The van der Waals surface area contributed by atoms with Crippen LogP contribution in [0.2, 0.25) is 0 Å². The number of urea groups is 1. The van der Waals surface area contributed by atoms with Crippen molar-refractivity contribution in [3.8, 4) is 11.3 Å². The van der Waals surface area contributed by atoms with E-state index in [9.17, 15) is 18.7 Å². The Hall–Kier alpha value is -2.61. The summed E-state index contributed by atoms with van der Waals surface area (Å²) in [5.74, 6) is -0.779. The number of nitrogens with one attached hydrogen (secondary N) is 1. The predicted molar refractivity (Wildman–Crippen MR) is 133 cm³/mol. The van der Waals surface area contributed by atoms with Crippen molar-refractivity contribution in [1.29, 1.82) is 0 Å². The molecule has 0 bridgehead atoms. The average molecular weight is 499 g/mol. The lowest BCUT2D eigenvalue weighted by molar-refractivity contribution is 0.0588. The molecule has 1 saturated heterocycles. The molecule has 3 atom stereocenters. The van der Waals surface area contributed by atoms with Crippen molar-refractivity contribution in [2.75, 3.05) is 13.1 Å². The number of rotatable bonds is 5.